The number of hydrogen-bond donors (Lipinski definition) is 1. The highest BCUT2D eigenvalue weighted by molar-refractivity contribution is 6.30. The third-order valence-electron chi connectivity index (χ3n) is 3.90. The Morgan fingerprint density at radius 2 is 2.29 bits per heavy atom. The summed E-state index contributed by atoms with van der Waals surface area (Å²) in [6.45, 7) is 4.45. The third-order valence-corrected chi connectivity index (χ3v) is 4.13. The molecule has 1 saturated heterocycles. The van der Waals surface area contributed by atoms with Crippen LogP contribution in [0.25, 0.3) is 0 Å². The number of morpholine rings is 1. The van der Waals surface area contributed by atoms with Crippen LogP contribution in [-0.4, -0.2) is 41.6 Å². The molecule has 1 aromatic heterocycles. The van der Waals surface area contributed by atoms with Gasteiger partial charge in [-0.3, -0.25) is 4.79 Å². The second-order valence-electron chi connectivity index (χ2n) is 5.85. The lowest BCUT2D eigenvalue weighted by molar-refractivity contribution is -0.0124. The van der Waals surface area contributed by atoms with Crippen molar-refractivity contribution in [1.82, 2.24) is 9.88 Å². The molecule has 0 saturated carbocycles. The Balaban J connectivity index is 1.65. The van der Waals surface area contributed by atoms with E-state index in [2.05, 4.69) is 10.3 Å². The van der Waals surface area contributed by atoms with Crippen LogP contribution >= 0.6 is 11.6 Å². The van der Waals surface area contributed by atoms with Crippen LogP contribution in [-0.2, 0) is 11.3 Å². The van der Waals surface area contributed by atoms with Crippen LogP contribution in [0, 0.1) is 0 Å². The molecule has 2 aromatic rings. The Kier molecular flexibility index (Phi) is 5.33. The number of aromatic nitrogens is 1. The zero-order valence-electron chi connectivity index (χ0n) is 13.5. The molecule has 1 N–H and O–H groups in total. The maximum Gasteiger partial charge on any atom is 0.254 e. The van der Waals surface area contributed by atoms with Gasteiger partial charge in [0.05, 0.1) is 17.7 Å². The molecule has 0 spiro atoms. The first kappa shape index (κ1) is 16.7. The molecule has 6 heteroatoms. The lowest BCUT2D eigenvalue weighted by Crippen LogP contribution is -2.44. The number of amides is 1. The lowest BCUT2D eigenvalue weighted by Gasteiger charge is -2.31. The van der Waals surface area contributed by atoms with E-state index in [0.717, 1.165) is 11.4 Å². The van der Waals surface area contributed by atoms with E-state index in [1.807, 2.05) is 42.2 Å². The van der Waals surface area contributed by atoms with E-state index in [4.69, 9.17) is 16.3 Å². The number of anilines is 1. The Hall–Kier alpha value is -2.11. The van der Waals surface area contributed by atoms with Gasteiger partial charge in [0.15, 0.2) is 0 Å². The van der Waals surface area contributed by atoms with Crippen LogP contribution in [0.15, 0.2) is 42.6 Å². The molecule has 0 radical (unpaired) electrons. The van der Waals surface area contributed by atoms with E-state index < -0.39 is 0 Å². The van der Waals surface area contributed by atoms with Gasteiger partial charge < -0.3 is 15.0 Å². The van der Waals surface area contributed by atoms with Crippen molar-refractivity contribution in [3.8, 4) is 0 Å². The third kappa shape index (κ3) is 4.24. The molecule has 126 valence electrons. The van der Waals surface area contributed by atoms with Crippen LogP contribution in [0.2, 0.25) is 5.02 Å². The van der Waals surface area contributed by atoms with Crippen LogP contribution in [0.5, 0.6) is 0 Å². The summed E-state index contributed by atoms with van der Waals surface area (Å²) in [5.41, 5.74) is 1.73. The fourth-order valence-corrected chi connectivity index (χ4v) is 2.78. The monoisotopic (exact) mass is 345 g/mol. The zero-order chi connectivity index (χ0) is 16.9. The fourth-order valence-electron chi connectivity index (χ4n) is 2.67. The van der Waals surface area contributed by atoms with Gasteiger partial charge in [-0.05, 0) is 36.8 Å². The number of carbonyl (C=O) groups is 1. The van der Waals surface area contributed by atoms with Gasteiger partial charge in [0.2, 0.25) is 0 Å². The number of pyridine rings is 1. The number of benzene rings is 1. The van der Waals surface area contributed by atoms with Gasteiger partial charge in [0.1, 0.15) is 5.82 Å². The van der Waals surface area contributed by atoms with Crippen LogP contribution < -0.4 is 5.32 Å². The SMILES string of the molecule is C[C@H]1CN(C(=O)c2cccc(CNc3ccc(Cl)cn3)c2)CCO1. The average molecular weight is 346 g/mol. The molecule has 0 bridgehead atoms. The summed E-state index contributed by atoms with van der Waals surface area (Å²) < 4.78 is 5.49. The van der Waals surface area contributed by atoms with Crippen molar-refractivity contribution < 1.29 is 9.53 Å². The number of nitrogens with one attached hydrogen (secondary N) is 1. The minimum atomic E-state index is 0.0524. The van der Waals surface area contributed by atoms with Crippen LogP contribution in [0.3, 0.4) is 0 Å². The first-order chi connectivity index (χ1) is 11.6. The highest BCUT2D eigenvalue weighted by Gasteiger charge is 2.22. The van der Waals surface area contributed by atoms with Crippen molar-refractivity contribution in [2.75, 3.05) is 25.0 Å². The van der Waals surface area contributed by atoms with Gasteiger partial charge >= 0.3 is 0 Å². The average Bonchev–Trinajstić information content (AvgIpc) is 2.61. The highest BCUT2D eigenvalue weighted by atomic mass is 35.5. The molecule has 1 aromatic carbocycles. The molecule has 3 rings (SSSR count). The molecule has 1 aliphatic rings. The Morgan fingerprint density at radius 3 is 3.04 bits per heavy atom. The van der Waals surface area contributed by atoms with Gasteiger partial charge in [-0.1, -0.05) is 23.7 Å². The minimum absolute atomic E-state index is 0.0524. The Morgan fingerprint density at radius 1 is 1.42 bits per heavy atom. The number of nitrogens with zero attached hydrogens (tertiary/aromatic N) is 2. The van der Waals surface area contributed by atoms with Gasteiger partial charge in [0, 0.05) is 31.4 Å². The Bertz CT molecular complexity index is 706. The fraction of sp³-hybridized carbons (Fsp3) is 0.333. The number of rotatable bonds is 4. The largest absolute Gasteiger partial charge is 0.375 e. The molecular weight excluding hydrogens is 326 g/mol. The van der Waals surface area contributed by atoms with Crippen molar-refractivity contribution in [3.05, 3.63) is 58.7 Å². The van der Waals surface area contributed by atoms with Crippen molar-refractivity contribution in [1.29, 1.82) is 0 Å². The summed E-state index contributed by atoms with van der Waals surface area (Å²) in [6.07, 6.45) is 1.69. The molecule has 1 fully saturated rings. The second-order valence-corrected chi connectivity index (χ2v) is 6.28. The first-order valence-corrected chi connectivity index (χ1v) is 8.35. The van der Waals surface area contributed by atoms with E-state index in [1.165, 1.54) is 0 Å². The molecule has 0 aliphatic carbocycles. The van der Waals surface area contributed by atoms with Crippen molar-refractivity contribution >= 4 is 23.3 Å². The molecule has 0 unspecified atom stereocenters. The molecule has 1 amide bonds. The summed E-state index contributed by atoms with van der Waals surface area (Å²) >= 11 is 5.83. The van der Waals surface area contributed by atoms with E-state index in [9.17, 15) is 4.79 Å². The predicted molar refractivity (Wildman–Crippen MR) is 94.3 cm³/mol. The summed E-state index contributed by atoms with van der Waals surface area (Å²) in [4.78, 5) is 18.7. The Labute approximate surface area is 146 Å². The highest BCUT2D eigenvalue weighted by Crippen LogP contribution is 2.14. The smallest absolute Gasteiger partial charge is 0.254 e. The van der Waals surface area contributed by atoms with Gasteiger partial charge in [0.25, 0.3) is 5.91 Å². The van der Waals surface area contributed by atoms with Gasteiger partial charge in [-0.15, -0.1) is 0 Å². The van der Waals surface area contributed by atoms with Crippen molar-refractivity contribution in [2.45, 2.75) is 19.6 Å². The summed E-state index contributed by atoms with van der Waals surface area (Å²) in [7, 11) is 0. The molecule has 5 nitrogen and oxygen atoms in total. The quantitative estimate of drug-likeness (QED) is 0.924. The van der Waals surface area contributed by atoms with Crippen molar-refractivity contribution in [2.24, 2.45) is 0 Å². The first-order valence-electron chi connectivity index (χ1n) is 7.97. The number of ether oxygens (including phenoxy) is 1. The lowest BCUT2D eigenvalue weighted by atomic mass is 10.1. The normalized spacial score (nSPS) is 17.6. The standard InChI is InChI=1S/C18H20ClN3O2/c1-13-12-22(7-8-24-13)18(23)15-4-2-3-14(9-15)10-20-17-6-5-16(19)11-21-17/h2-6,9,11,13H,7-8,10,12H2,1H3,(H,20,21)/t13-/m0/s1. The second kappa shape index (κ2) is 7.64. The summed E-state index contributed by atoms with van der Waals surface area (Å²) in [6, 6.07) is 11.3. The zero-order valence-corrected chi connectivity index (χ0v) is 14.3. The van der Waals surface area contributed by atoms with E-state index >= 15 is 0 Å². The van der Waals surface area contributed by atoms with Gasteiger partial charge in [-0.25, -0.2) is 4.98 Å². The van der Waals surface area contributed by atoms with E-state index in [0.29, 0.717) is 36.8 Å². The predicted octanol–water partition coefficient (Wildman–Crippen LogP) is 3.21. The molecule has 1 aliphatic heterocycles. The van der Waals surface area contributed by atoms with Crippen LogP contribution in [0.1, 0.15) is 22.8 Å². The molecule has 1 atom stereocenters. The maximum atomic E-state index is 12.6. The number of hydrogen-bond acceptors (Lipinski definition) is 4. The van der Waals surface area contributed by atoms with Crippen molar-refractivity contribution in [3.63, 3.8) is 0 Å². The minimum Gasteiger partial charge on any atom is -0.375 e. The summed E-state index contributed by atoms with van der Waals surface area (Å²) in [5.74, 6) is 0.801. The summed E-state index contributed by atoms with van der Waals surface area (Å²) in [5, 5.41) is 3.83. The number of halogens is 1. The van der Waals surface area contributed by atoms with Crippen LogP contribution in [0.4, 0.5) is 5.82 Å². The molecular formula is C18H20ClN3O2. The molecule has 2 heterocycles. The topological polar surface area (TPSA) is 54.5 Å². The molecule has 24 heavy (non-hydrogen) atoms. The van der Waals surface area contributed by atoms with E-state index in [1.54, 1.807) is 12.3 Å². The van der Waals surface area contributed by atoms with Gasteiger partial charge in [-0.2, -0.15) is 0 Å². The number of carbonyl (C=O) groups excluding carboxylic acids is 1. The maximum absolute atomic E-state index is 12.6. The van der Waals surface area contributed by atoms with E-state index in [-0.39, 0.29) is 12.0 Å².